The van der Waals surface area contributed by atoms with E-state index in [1.54, 1.807) is 0 Å². The Kier molecular flexibility index (Phi) is 5.66. The van der Waals surface area contributed by atoms with E-state index in [-0.39, 0.29) is 0 Å². The molecule has 0 atom stereocenters. The molecule has 0 aliphatic heterocycles. The summed E-state index contributed by atoms with van der Waals surface area (Å²) < 4.78 is 4.48. The van der Waals surface area contributed by atoms with Crippen molar-refractivity contribution in [2.75, 3.05) is 0 Å². The van der Waals surface area contributed by atoms with E-state index in [1.165, 1.54) is 40.3 Å². The van der Waals surface area contributed by atoms with Crippen molar-refractivity contribution in [1.29, 1.82) is 0 Å². The molecule has 0 fully saturated rings. The van der Waals surface area contributed by atoms with Crippen LogP contribution in [0.15, 0.2) is 122 Å². The van der Waals surface area contributed by atoms with Gasteiger partial charge in [0.1, 0.15) is 0 Å². The Balaban J connectivity index is 1.27. The van der Waals surface area contributed by atoms with Crippen LogP contribution in [-0.2, 0) is 12.8 Å². The third-order valence-corrected chi connectivity index (χ3v) is 8.96. The van der Waals surface area contributed by atoms with Gasteiger partial charge < -0.3 is 0 Å². The molecule has 0 spiro atoms. The van der Waals surface area contributed by atoms with E-state index in [4.69, 9.17) is 19.9 Å². The number of aromatic nitrogens is 6. The lowest BCUT2D eigenvalue weighted by molar-refractivity contribution is 0.662. The van der Waals surface area contributed by atoms with Crippen LogP contribution in [0.2, 0.25) is 0 Å². The molecule has 6 nitrogen and oxygen atoms in total. The SMILES string of the molecule is c1ccc(-c2cnc(-n3c4c(c5cc6c7ccccc7n(-c7ncc(-c8ccccc8)cn7)c6cc53)CCCC4)nc2)cc1. The Morgan fingerprint density at radius 1 is 0.432 bits per heavy atom. The molecule has 0 unspecified atom stereocenters. The van der Waals surface area contributed by atoms with Gasteiger partial charge in [0.15, 0.2) is 0 Å². The predicted molar refractivity (Wildman–Crippen MR) is 176 cm³/mol. The quantitative estimate of drug-likeness (QED) is 0.214. The van der Waals surface area contributed by atoms with Gasteiger partial charge in [0, 0.05) is 57.8 Å². The summed E-state index contributed by atoms with van der Waals surface area (Å²) >= 11 is 0. The number of benzene rings is 4. The highest BCUT2D eigenvalue weighted by atomic mass is 15.2. The molecule has 8 aromatic rings. The van der Waals surface area contributed by atoms with Gasteiger partial charge in [-0.05, 0) is 60.6 Å². The lowest BCUT2D eigenvalue weighted by Crippen LogP contribution is -2.09. The molecule has 0 bridgehead atoms. The molecule has 4 heterocycles. The summed E-state index contributed by atoms with van der Waals surface area (Å²) in [7, 11) is 0. The zero-order valence-electron chi connectivity index (χ0n) is 24.1. The molecular weight excluding hydrogens is 540 g/mol. The third-order valence-electron chi connectivity index (χ3n) is 8.96. The summed E-state index contributed by atoms with van der Waals surface area (Å²) in [6.45, 7) is 0. The van der Waals surface area contributed by atoms with Crippen molar-refractivity contribution in [2.45, 2.75) is 25.7 Å². The maximum absolute atomic E-state index is 4.92. The van der Waals surface area contributed by atoms with Gasteiger partial charge in [-0.1, -0.05) is 78.9 Å². The maximum atomic E-state index is 4.92. The van der Waals surface area contributed by atoms with Crippen LogP contribution in [0.25, 0.3) is 66.9 Å². The summed E-state index contributed by atoms with van der Waals surface area (Å²) in [6, 6.07) is 33.8. The Hall–Kier alpha value is -5.62. The molecule has 9 rings (SSSR count). The van der Waals surface area contributed by atoms with Crippen LogP contribution in [-0.4, -0.2) is 29.1 Å². The van der Waals surface area contributed by atoms with Gasteiger partial charge in [-0.2, -0.15) is 0 Å². The molecule has 0 saturated carbocycles. The third kappa shape index (κ3) is 3.88. The summed E-state index contributed by atoms with van der Waals surface area (Å²) in [5, 5.41) is 3.68. The molecule has 6 heteroatoms. The van der Waals surface area contributed by atoms with Gasteiger partial charge in [-0.25, -0.2) is 19.9 Å². The Labute approximate surface area is 254 Å². The molecule has 4 aromatic carbocycles. The number of fused-ring (bicyclic) bond motifs is 6. The lowest BCUT2D eigenvalue weighted by Gasteiger charge is -2.15. The highest BCUT2D eigenvalue weighted by Crippen LogP contribution is 2.40. The number of aryl methyl sites for hydroxylation is 1. The zero-order valence-corrected chi connectivity index (χ0v) is 24.1. The average molecular weight is 569 g/mol. The van der Waals surface area contributed by atoms with E-state index in [0.29, 0.717) is 11.9 Å². The van der Waals surface area contributed by atoms with E-state index < -0.39 is 0 Å². The first-order valence-electron chi connectivity index (χ1n) is 15.2. The predicted octanol–water partition coefficient (Wildman–Crippen LogP) is 8.52. The molecule has 0 saturated heterocycles. The number of hydrogen-bond donors (Lipinski definition) is 0. The minimum atomic E-state index is 0.654. The number of hydrogen-bond acceptors (Lipinski definition) is 4. The first-order valence-corrected chi connectivity index (χ1v) is 15.2. The number of rotatable bonds is 4. The first kappa shape index (κ1) is 24.9. The summed E-state index contributed by atoms with van der Waals surface area (Å²) in [4.78, 5) is 19.6. The molecule has 0 amide bonds. The van der Waals surface area contributed by atoms with Gasteiger partial charge in [-0.3, -0.25) is 9.13 Å². The number of para-hydroxylation sites is 1. The normalized spacial score (nSPS) is 13.1. The number of nitrogens with zero attached hydrogens (tertiary/aromatic N) is 6. The van der Waals surface area contributed by atoms with Gasteiger partial charge in [0.05, 0.1) is 16.6 Å². The topological polar surface area (TPSA) is 61.4 Å². The Bertz CT molecular complexity index is 2300. The van der Waals surface area contributed by atoms with Crippen LogP contribution >= 0.6 is 0 Å². The van der Waals surface area contributed by atoms with Gasteiger partial charge in [0.2, 0.25) is 11.9 Å². The van der Waals surface area contributed by atoms with E-state index in [1.807, 2.05) is 61.2 Å². The molecule has 0 N–H and O–H groups in total. The first-order chi connectivity index (χ1) is 21.8. The smallest absolute Gasteiger partial charge is 0.234 e. The van der Waals surface area contributed by atoms with Gasteiger partial charge in [0.25, 0.3) is 0 Å². The Morgan fingerprint density at radius 3 is 1.64 bits per heavy atom. The molecule has 1 aliphatic rings. The van der Waals surface area contributed by atoms with Gasteiger partial charge >= 0.3 is 0 Å². The molecule has 210 valence electrons. The van der Waals surface area contributed by atoms with Crippen molar-refractivity contribution in [2.24, 2.45) is 0 Å². The minimum absolute atomic E-state index is 0.654. The highest BCUT2D eigenvalue weighted by molar-refractivity contribution is 6.13. The van der Waals surface area contributed by atoms with Crippen molar-refractivity contribution in [1.82, 2.24) is 29.1 Å². The largest absolute Gasteiger partial charge is 0.282 e. The average Bonchev–Trinajstić information content (AvgIpc) is 3.60. The van der Waals surface area contributed by atoms with Crippen molar-refractivity contribution in [3.63, 3.8) is 0 Å². The van der Waals surface area contributed by atoms with Crippen LogP contribution in [0.4, 0.5) is 0 Å². The summed E-state index contributed by atoms with van der Waals surface area (Å²) in [5.74, 6) is 1.37. The van der Waals surface area contributed by atoms with Crippen LogP contribution in [0.5, 0.6) is 0 Å². The second-order valence-corrected chi connectivity index (χ2v) is 11.5. The molecule has 1 aliphatic carbocycles. The molecule has 44 heavy (non-hydrogen) atoms. The molecule has 4 aromatic heterocycles. The lowest BCUT2D eigenvalue weighted by atomic mass is 9.95. The highest BCUT2D eigenvalue weighted by Gasteiger charge is 2.25. The van der Waals surface area contributed by atoms with E-state index >= 15 is 0 Å². The van der Waals surface area contributed by atoms with Crippen LogP contribution in [0.1, 0.15) is 24.1 Å². The van der Waals surface area contributed by atoms with E-state index in [0.717, 1.165) is 51.6 Å². The van der Waals surface area contributed by atoms with Crippen LogP contribution < -0.4 is 0 Å². The maximum Gasteiger partial charge on any atom is 0.234 e. The Morgan fingerprint density at radius 2 is 0.977 bits per heavy atom. The van der Waals surface area contributed by atoms with E-state index in [9.17, 15) is 0 Å². The summed E-state index contributed by atoms with van der Waals surface area (Å²) in [5.41, 5.74) is 10.3. The van der Waals surface area contributed by atoms with Crippen LogP contribution in [0, 0.1) is 0 Å². The van der Waals surface area contributed by atoms with E-state index in [2.05, 4.69) is 69.8 Å². The second kappa shape index (κ2) is 9.99. The monoisotopic (exact) mass is 568 g/mol. The fourth-order valence-corrected chi connectivity index (χ4v) is 6.88. The van der Waals surface area contributed by atoms with Gasteiger partial charge in [-0.15, -0.1) is 0 Å². The fraction of sp³-hybridized carbons (Fsp3) is 0.105. The summed E-state index contributed by atoms with van der Waals surface area (Å²) in [6.07, 6.45) is 12.2. The van der Waals surface area contributed by atoms with Crippen molar-refractivity contribution in [3.05, 3.63) is 133 Å². The standard InChI is InChI=1S/C38H28N6/c1-3-11-25(12-4-1)27-21-39-37(40-22-27)43-33-17-9-7-15-29(33)31-19-32-30-16-8-10-18-34(30)44(36(32)20-35(31)43)38-41-23-28(24-42-38)26-13-5-2-6-14-26/h1-7,9,11-15,17,19-24H,8,10,16,18H2. The zero-order chi connectivity index (χ0) is 29.0. The van der Waals surface area contributed by atoms with Crippen molar-refractivity contribution >= 4 is 32.7 Å². The molecule has 0 radical (unpaired) electrons. The van der Waals surface area contributed by atoms with Crippen LogP contribution in [0.3, 0.4) is 0 Å². The van der Waals surface area contributed by atoms with Crippen molar-refractivity contribution < 1.29 is 0 Å². The van der Waals surface area contributed by atoms with Crippen molar-refractivity contribution in [3.8, 4) is 34.2 Å². The minimum Gasteiger partial charge on any atom is -0.282 e. The fourth-order valence-electron chi connectivity index (χ4n) is 6.88. The second-order valence-electron chi connectivity index (χ2n) is 11.5. The molecular formula is C38H28N6.